The van der Waals surface area contributed by atoms with Crippen molar-refractivity contribution in [1.82, 2.24) is 24.5 Å². The van der Waals surface area contributed by atoms with Crippen molar-refractivity contribution >= 4 is 5.91 Å². The van der Waals surface area contributed by atoms with E-state index in [2.05, 4.69) is 10.2 Å². The van der Waals surface area contributed by atoms with Crippen molar-refractivity contribution < 1.29 is 14.6 Å². The van der Waals surface area contributed by atoms with Gasteiger partial charge in [-0.05, 0) is 12.5 Å². The third kappa shape index (κ3) is 3.53. The first-order valence-corrected chi connectivity index (χ1v) is 7.67. The number of carbonyl (C=O) groups is 1. The van der Waals surface area contributed by atoms with Crippen LogP contribution in [0.4, 0.5) is 0 Å². The van der Waals surface area contributed by atoms with Crippen molar-refractivity contribution in [3.05, 3.63) is 30.4 Å². The SMILES string of the molecule is CCn1cc(O[C@@H]2CN(C(=O)Cc3cnn(C)c3)C[C@H]2O)cn1. The summed E-state index contributed by atoms with van der Waals surface area (Å²) >= 11 is 0. The monoisotopic (exact) mass is 319 g/mol. The Labute approximate surface area is 134 Å². The molecule has 2 aromatic heterocycles. The van der Waals surface area contributed by atoms with Crippen LogP contribution < -0.4 is 4.74 Å². The molecule has 1 aliphatic rings. The van der Waals surface area contributed by atoms with Crippen LogP contribution in [0.1, 0.15) is 12.5 Å². The van der Waals surface area contributed by atoms with Gasteiger partial charge in [0.25, 0.3) is 0 Å². The maximum Gasteiger partial charge on any atom is 0.227 e. The minimum Gasteiger partial charge on any atom is -0.482 e. The summed E-state index contributed by atoms with van der Waals surface area (Å²) in [6.07, 6.45) is 6.05. The zero-order valence-electron chi connectivity index (χ0n) is 13.3. The number of hydrogen-bond donors (Lipinski definition) is 1. The highest BCUT2D eigenvalue weighted by molar-refractivity contribution is 5.79. The Kier molecular flexibility index (Phi) is 4.33. The number of aryl methyl sites for hydroxylation is 2. The fourth-order valence-electron chi connectivity index (χ4n) is 2.68. The fraction of sp³-hybridized carbons (Fsp3) is 0.533. The molecule has 2 aromatic rings. The number of hydrogen-bond acceptors (Lipinski definition) is 5. The van der Waals surface area contributed by atoms with E-state index in [4.69, 9.17) is 4.74 Å². The Hall–Kier alpha value is -2.35. The van der Waals surface area contributed by atoms with Crippen LogP contribution in [0.25, 0.3) is 0 Å². The van der Waals surface area contributed by atoms with Gasteiger partial charge in [-0.25, -0.2) is 0 Å². The van der Waals surface area contributed by atoms with E-state index in [-0.39, 0.29) is 18.9 Å². The summed E-state index contributed by atoms with van der Waals surface area (Å²) < 4.78 is 9.18. The van der Waals surface area contributed by atoms with E-state index < -0.39 is 12.2 Å². The summed E-state index contributed by atoms with van der Waals surface area (Å²) in [5.74, 6) is 0.574. The average molecular weight is 319 g/mol. The smallest absolute Gasteiger partial charge is 0.227 e. The zero-order valence-corrected chi connectivity index (χ0v) is 13.3. The van der Waals surface area contributed by atoms with Gasteiger partial charge < -0.3 is 14.7 Å². The molecule has 8 nitrogen and oxygen atoms in total. The lowest BCUT2D eigenvalue weighted by Crippen LogP contribution is -2.32. The quantitative estimate of drug-likeness (QED) is 0.827. The molecule has 0 radical (unpaired) electrons. The molecule has 1 amide bonds. The first-order chi connectivity index (χ1) is 11.0. The number of aliphatic hydroxyl groups excluding tert-OH is 1. The molecule has 1 fully saturated rings. The summed E-state index contributed by atoms with van der Waals surface area (Å²) in [7, 11) is 1.81. The van der Waals surface area contributed by atoms with Gasteiger partial charge in [0.1, 0.15) is 12.2 Å². The molecule has 124 valence electrons. The van der Waals surface area contributed by atoms with E-state index in [0.717, 1.165) is 12.1 Å². The van der Waals surface area contributed by atoms with Gasteiger partial charge in [0.2, 0.25) is 5.91 Å². The highest BCUT2D eigenvalue weighted by Gasteiger charge is 2.35. The van der Waals surface area contributed by atoms with Crippen LogP contribution in [0.2, 0.25) is 0 Å². The largest absolute Gasteiger partial charge is 0.482 e. The Morgan fingerprint density at radius 1 is 1.35 bits per heavy atom. The molecule has 1 N–H and O–H groups in total. The van der Waals surface area contributed by atoms with Crippen molar-refractivity contribution in [1.29, 1.82) is 0 Å². The Morgan fingerprint density at radius 2 is 2.17 bits per heavy atom. The molecule has 1 saturated heterocycles. The maximum absolute atomic E-state index is 12.3. The van der Waals surface area contributed by atoms with Crippen LogP contribution in [0.5, 0.6) is 5.75 Å². The number of likely N-dealkylation sites (tertiary alicyclic amines) is 1. The van der Waals surface area contributed by atoms with Crippen molar-refractivity contribution in [2.75, 3.05) is 13.1 Å². The first kappa shape index (κ1) is 15.5. The molecule has 3 rings (SSSR count). The lowest BCUT2D eigenvalue weighted by molar-refractivity contribution is -0.129. The normalized spacial score (nSPS) is 20.9. The number of β-amino-alcohol motifs (C(OH)–C–C–N with tert-alkyl or cyclic N) is 1. The summed E-state index contributed by atoms with van der Waals surface area (Å²) in [4.78, 5) is 14.0. The van der Waals surface area contributed by atoms with Crippen LogP contribution in [0.15, 0.2) is 24.8 Å². The van der Waals surface area contributed by atoms with Gasteiger partial charge in [0, 0.05) is 19.8 Å². The molecule has 0 saturated carbocycles. The van der Waals surface area contributed by atoms with Crippen LogP contribution in [-0.2, 0) is 24.8 Å². The third-order valence-electron chi connectivity index (χ3n) is 3.92. The topological polar surface area (TPSA) is 85.4 Å². The molecule has 23 heavy (non-hydrogen) atoms. The number of ether oxygens (including phenoxy) is 1. The molecule has 0 aromatic carbocycles. The molecule has 0 aliphatic carbocycles. The molecule has 3 heterocycles. The van der Waals surface area contributed by atoms with E-state index in [1.165, 1.54) is 0 Å². The van der Waals surface area contributed by atoms with Gasteiger partial charge in [-0.1, -0.05) is 0 Å². The van der Waals surface area contributed by atoms with Crippen LogP contribution >= 0.6 is 0 Å². The molecular formula is C15H21N5O3. The fourth-order valence-corrected chi connectivity index (χ4v) is 2.68. The van der Waals surface area contributed by atoms with Crippen molar-refractivity contribution in [3.63, 3.8) is 0 Å². The van der Waals surface area contributed by atoms with Gasteiger partial charge in [-0.2, -0.15) is 10.2 Å². The van der Waals surface area contributed by atoms with Crippen LogP contribution in [0.3, 0.4) is 0 Å². The molecule has 0 bridgehead atoms. The predicted molar refractivity (Wildman–Crippen MR) is 81.8 cm³/mol. The number of carbonyl (C=O) groups excluding carboxylic acids is 1. The van der Waals surface area contributed by atoms with E-state index >= 15 is 0 Å². The lowest BCUT2D eigenvalue weighted by atomic mass is 10.2. The minimum absolute atomic E-state index is 0.0348. The minimum atomic E-state index is -0.696. The highest BCUT2D eigenvalue weighted by atomic mass is 16.5. The maximum atomic E-state index is 12.3. The number of nitrogens with zero attached hydrogens (tertiary/aromatic N) is 5. The first-order valence-electron chi connectivity index (χ1n) is 7.67. The van der Waals surface area contributed by atoms with E-state index in [1.54, 1.807) is 32.9 Å². The van der Waals surface area contributed by atoms with E-state index in [0.29, 0.717) is 12.3 Å². The molecule has 0 spiro atoms. The summed E-state index contributed by atoms with van der Waals surface area (Å²) in [5, 5.41) is 18.3. The number of rotatable bonds is 5. The number of aliphatic hydroxyl groups is 1. The second kappa shape index (κ2) is 6.41. The second-order valence-electron chi connectivity index (χ2n) is 5.75. The molecule has 2 atom stereocenters. The van der Waals surface area contributed by atoms with Gasteiger partial charge in [0.15, 0.2) is 5.75 Å². The predicted octanol–water partition coefficient (Wildman–Crippen LogP) is -0.170. The third-order valence-corrected chi connectivity index (χ3v) is 3.92. The van der Waals surface area contributed by atoms with Gasteiger partial charge in [0.05, 0.1) is 38.1 Å². The van der Waals surface area contributed by atoms with Gasteiger partial charge in [-0.3, -0.25) is 14.2 Å². The summed E-state index contributed by atoms with van der Waals surface area (Å²) in [6.45, 7) is 3.40. The van der Waals surface area contributed by atoms with Crippen molar-refractivity contribution in [2.24, 2.45) is 7.05 Å². The number of amides is 1. The number of aromatic nitrogens is 4. The van der Waals surface area contributed by atoms with E-state index in [9.17, 15) is 9.90 Å². The Bertz CT molecular complexity index is 680. The zero-order chi connectivity index (χ0) is 16.4. The average Bonchev–Trinajstić information content (AvgIpc) is 3.22. The van der Waals surface area contributed by atoms with Crippen LogP contribution in [-0.4, -0.2) is 60.8 Å². The molecule has 0 unspecified atom stereocenters. The molecular weight excluding hydrogens is 298 g/mol. The van der Waals surface area contributed by atoms with Gasteiger partial charge >= 0.3 is 0 Å². The summed E-state index contributed by atoms with van der Waals surface area (Å²) in [5.41, 5.74) is 0.862. The van der Waals surface area contributed by atoms with Crippen LogP contribution in [0, 0.1) is 0 Å². The van der Waals surface area contributed by atoms with E-state index in [1.807, 2.05) is 20.2 Å². The Morgan fingerprint density at radius 3 is 2.83 bits per heavy atom. The standard InChI is InChI=1S/C15H21N5O3/c1-3-20-8-12(6-17-20)23-14-10-19(9-13(14)21)15(22)4-11-5-16-18(2)7-11/h5-8,13-14,21H,3-4,9-10H2,1-2H3/t13-,14-/m1/s1. The van der Waals surface area contributed by atoms with Crippen molar-refractivity contribution in [3.8, 4) is 5.75 Å². The second-order valence-corrected chi connectivity index (χ2v) is 5.75. The molecule has 1 aliphatic heterocycles. The Balaban J connectivity index is 1.58. The highest BCUT2D eigenvalue weighted by Crippen LogP contribution is 2.19. The summed E-state index contributed by atoms with van der Waals surface area (Å²) in [6, 6.07) is 0. The lowest BCUT2D eigenvalue weighted by Gasteiger charge is -2.16. The molecule has 8 heteroatoms. The van der Waals surface area contributed by atoms with Crippen molar-refractivity contribution in [2.45, 2.75) is 32.1 Å². The van der Waals surface area contributed by atoms with Gasteiger partial charge in [-0.15, -0.1) is 0 Å².